The van der Waals surface area contributed by atoms with Crippen molar-refractivity contribution in [2.24, 2.45) is 11.7 Å². The molecule has 1 fully saturated rings. The van der Waals surface area contributed by atoms with Crippen molar-refractivity contribution in [2.75, 3.05) is 6.54 Å². The average Bonchev–Trinajstić information content (AvgIpc) is 2.90. The van der Waals surface area contributed by atoms with Gasteiger partial charge in [0, 0.05) is 12.6 Å². The summed E-state index contributed by atoms with van der Waals surface area (Å²) < 4.78 is 1.59. The van der Waals surface area contributed by atoms with Crippen molar-refractivity contribution in [3.05, 3.63) is 11.9 Å². The number of carbonyl (C=O) groups is 1. The molecule has 1 amide bonds. The topological polar surface area (TPSA) is 85.8 Å². The molecule has 0 bridgehead atoms. The quantitative estimate of drug-likeness (QED) is 0.780. The minimum Gasteiger partial charge on any atom is -0.348 e. The van der Waals surface area contributed by atoms with E-state index in [-0.39, 0.29) is 11.9 Å². The van der Waals surface area contributed by atoms with Gasteiger partial charge < -0.3 is 11.1 Å². The second-order valence-electron chi connectivity index (χ2n) is 4.64. The van der Waals surface area contributed by atoms with Gasteiger partial charge in [-0.05, 0) is 18.8 Å². The molecule has 1 aliphatic rings. The molecular weight excluding hydrogens is 218 g/mol. The van der Waals surface area contributed by atoms with Crippen LogP contribution in [0.2, 0.25) is 0 Å². The van der Waals surface area contributed by atoms with Crippen LogP contribution in [-0.2, 0) is 6.54 Å². The molecule has 6 heteroatoms. The maximum atomic E-state index is 11.9. The largest absolute Gasteiger partial charge is 0.348 e. The Morgan fingerprint density at radius 1 is 1.65 bits per heavy atom. The van der Waals surface area contributed by atoms with E-state index in [1.54, 1.807) is 10.9 Å². The molecule has 3 N–H and O–H groups in total. The maximum absolute atomic E-state index is 11.9. The van der Waals surface area contributed by atoms with Gasteiger partial charge in [-0.25, -0.2) is 0 Å². The molecule has 0 aliphatic heterocycles. The Bertz CT molecular complexity index is 389. The number of nitrogens with two attached hydrogens (primary N) is 1. The van der Waals surface area contributed by atoms with Crippen molar-refractivity contribution in [3.63, 3.8) is 0 Å². The zero-order valence-electron chi connectivity index (χ0n) is 10.1. The first-order valence-electron chi connectivity index (χ1n) is 6.11. The van der Waals surface area contributed by atoms with Crippen LogP contribution in [0.15, 0.2) is 6.20 Å². The highest BCUT2D eigenvalue weighted by atomic mass is 16.2. The van der Waals surface area contributed by atoms with Gasteiger partial charge in [-0.15, -0.1) is 5.10 Å². The van der Waals surface area contributed by atoms with Gasteiger partial charge in [-0.2, -0.15) is 0 Å². The molecular formula is C11H19N5O. The second kappa shape index (κ2) is 5.27. The fraction of sp³-hybridized carbons (Fsp3) is 0.727. The predicted molar refractivity (Wildman–Crippen MR) is 63.3 cm³/mol. The van der Waals surface area contributed by atoms with Crippen LogP contribution in [0.5, 0.6) is 0 Å². The lowest BCUT2D eigenvalue weighted by Crippen LogP contribution is -2.36. The number of nitrogens with one attached hydrogen (secondary N) is 1. The second-order valence-corrected chi connectivity index (χ2v) is 4.64. The van der Waals surface area contributed by atoms with Crippen LogP contribution >= 0.6 is 0 Å². The standard InChI is InChI=1S/C11H19N5O/c1-8-3-2-4-9(8)13-11(17)10-7-16(6-5-12)15-14-10/h7-9H,2-6,12H2,1H3,(H,13,17). The molecule has 2 rings (SSSR count). The Morgan fingerprint density at radius 2 is 2.47 bits per heavy atom. The van der Waals surface area contributed by atoms with E-state index in [1.807, 2.05) is 0 Å². The highest BCUT2D eigenvalue weighted by Gasteiger charge is 2.25. The normalized spacial score (nSPS) is 23.9. The van der Waals surface area contributed by atoms with Crippen LogP contribution in [0.4, 0.5) is 0 Å². The van der Waals surface area contributed by atoms with E-state index < -0.39 is 0 Å². The number of nitrogens with zero attached hydrogens (tertiary/aromatic N) is 3. The number of hydrogen-bond acceptors (Lipinski definition) is 4. The van der Waals surface area contributed by atoms with Crippen molar-refractivity contribution >= 4 is 5.91 Å². The van der Waals surface area contributed by atoms with Crippen LogP contribution < -0.4 is 11.1 Å². The van der Waals surface area contributed by atoms with Crippen molar-refractivity contribution < 1.29 is 4.79 Å². The van der Waals surface area contributed by atoms with Gasteiger partial charge in [0.1, 0.15) is 0 Å². The molecule has 0 spiro atoms. The number of aromatic nitrogens is 3. The summed E-state index contributed by atoms with van der Waals surface area (Å²) in [6, 6.07) is 0.280. The average molecular weight is 237 g/mol. The number of hydrogen-bond donors (Lipinski definition) is 2. The summed E-state index contributed by atoms with van der Waals surface area (Å²) in [6.07, 6.45) is 5.07. The van der Waals surface area contributed by atoms with Gasteiger partial charge in [0.25, 0.3) is 5.91 Å². The Hall–Kier alpha value is -1.43. The summed E-state index contributed by atoms with van der Waals surface area (Å²) in [7, 11) is 0. The van der Waals surface area contributed by atoms with Crippen LogP contribution in [-0.4, -0.2) is 33.5 Å². The zero-order valence-corrected chi connectivity index (χ0v) is 10.1. The molecule has 1 aromatic heterocycles. The fourth-order valence-corrected chi connectivity index (χ4v) is 2.25. The van der Waals surface area contributed by atoms with Crippen molar-refractivity contribution in [2.45, 2.75) is 38.8 Å². The van der Waals surface area contributed by atoms with E-state index >= 15 is 0 Å². The lowest BCUT2D eigenvalue weighted by Gasteiger charge is -2.15. The molecule has 0 radical (unpaired) electrons. The van der Waals surface area contributed by atoms with E-state index in [0.717, 1.165) is 6.42 Å². The summed E-state index contributed by atoms with van der Waals surface area (Å²) in [5.41, 5.74) is 5.78. The van der Waals surface area contributed by atoms with E-state index in [1.165, 1.54) is 12.8 Å². The monoisotopic (exact) mass is 237 g/mol. The number of carbonyl (C=O) groups excluding carboxylic acids is 1. The fourth-order valence-electron chi connectivity index (χ4n) is 2.25. The summed E-state index contributed by atoms with van der Waals surface area (Å²) in [5.74, 6) is 0.421. The van der Waals surface area contributed by atoms with Crippen LogP contribution in [0, 0.1) is 5.92 Å². The smallest absolute Gasteiger partial charge is 0.273 e. The summed E-state index contributed by atoms with van der Waals surface area (Å²) >= 11 is 0. The highest BCUT2D eigenvalue weighted by molar-refractivity contribution is 5.92. The van der Waals surface area contributed by atoms with Crippen LogP contribution in [0.3, 0.4) is 0 Å². The van der Waals surface area contributed by atoms with E-state index in [0.29, 0.717) is 24.7 Å². The minimum absolute atomic E-state index is 0.132. The molecule has 1 aromatic rings. The van der Waals surface area contributed by atoms with E-state index in [2.05, 4.69) is 22.6 Å². The first-order valence-corrected chi connectivity index (χ1v) is 6.11. The van der Waals surface area contributed by atoms with Crippen molar-refractivity contribution in [3.8, 4) is 0 Å². The van der Waals surface area contributed by atoms with Crippen LogP contribution in [0.25, 0.3) is 0 Å². The van der Waals surface area contributed by atoms with Gasteiger partial charge in [-0.3, -0.25) is 9.48 Å². The maximum Gasteiger partial charge on any atom is 0.273 e. The summed E-state index contributed by atoms with van der Waals surface area (Å²) in [4.78, 5) is 11.9. The first kappa shape index (κ1) is 12.0. The predicted octanol–water partition coefficient (Wildman–Crippen LogP) is 0.155. The lowest BCUT2D eigenvalue weighted by molar-refractivity contribution is 0.0924. The van der Waals surface area contributed by atoms with Crippen LogP contribution in [0.1, 0.15) is 36.7 Å². The lowest BCUT2D eigenvalue weighted by atomic mass is 10.1. The van der Waals surface area contributed by atoms with E-state index in [4.69, 9.17) is 5.73 Å². The molecule has 2 atom stereocenters. The third-order valence-electron chi connectivity index (χ3n) is 3.31. The number of rotatable bonds is 4. The van der Waals surface area contributed by atoms with Gasteiger partial charge in [0.2, 0.25) is 0 Å². The van der Waals surface area contributed by atoms with Gasteiger partial charge in [-0.1, -0.05) is 18.6 Å². The van der Waals surface area contributed by atoms with Crippen molar-refractivity contribution in [1.82, 2.24) is 20.3 Å². The van der Waals surface area contributed by atoms with Gasteiger partial charge >= 0.3 is 0 Å². The molecule has 1 saturated carbocycles. The third-order valence-corrected chi connectivity index (χ3v) is 3.31. The minimum atomic E-state index is -0.132. The molecule has 17 heavy (non-hydrogen) atoms. The molecule has 6 nitrogen and oxygen atoms in total. The van der Waals surface area contributed by atoms with Gasteiger partial charge in [0.15, 0.2) is 5.69 Å². The Kier molecular flexibility index (Phi) is 3.73. The molecule has 1 aliphatic carbocycles. The Labute approximate surface area is 101 Å². The van der Waals surface area contributed by atoms with Gasteiger partial charge in [0.05, 0.1) is 12.7 Å². The summed E-state index contributed by atoms with van der Waals surface area (Å²) in [6.45, 7) is 3.24. The molecule has 0 aromatic carbocycles. The molecule has 0 saturated heterocycles. The molecule has 1 heterocycles. The van der Waals surface area contributed by atoms with E-state index in [9.17, 15) is 4.79 Å². The Morgan fingerprint density at radius 3 is 3.12 bits per heavy atom. The Balaban J connectivity index is 1.94. The van der Waals surface area contributed by atoms with Crippen molar-refractivity contribution in [1.29, 1.82) is 0 Å². The highest BCUT2D eigenvalue weighted by Crippen LogP contribution is 2.24. The zero-order chi connectivity index (χ0) is 12.3. The molecule has 2 unspecified atom stereocenters. The first-order chi connectivity index (χ1) is 8.20. The molecule has 94 valence electrons. The SMILES string of the molecule is CC1CCCC1NC(=O)c1cn(CCN)nn1. The third kappa shape index (κ3) is 2.82. The number of amides is 1. The summed E-state index contributed by atoms with van der Waals surface area (Å²) in [5, 5.41) is 10.7.